The lowest BCUT2D eigenvalue weighted by Crippen LogP contribution is -2.41. The molecule has 2 N–H and O–H groups in total. The normalized spacial score (nSPS) is 10.3. The molecule has 8 heteroatoms. The number of nitro groups is 1. The Morgan fingerprint density at radius 2 is 1.69 bits per heavy atom. The predicted molar refractivity (Wildman–Crippen MR) is 109 cm³/mol. The number of rotatable bonds is 9. The van der Waals surface area contributed by atoms with Crippen LogP contribution in [0.4, 0.5) is 5.69 Å². The van der Waals surface area contributed by atoms with E-state index in [0.29, 0.717) is 23.5 Å². The highest BCUT2D eigenvalue weighted by Gasteiger charge is 2.22. The van der Waals surface area contributed by atoms with Crippen molar-refractivity contribution in [2.24, 2.45) is 0 Å². The zero-order valence-electron chi connectivity index (χ0n) is 16.6. The molecular weight excluding hydrogens is 374 g/mol. The molecule has 0 bridgehead atoms. The van der Waals surface area contributed by atoms with Gasteiger partial charge in [0.25, 0.3) is 17.5 Å². The minimum absolute atomic E-state index is 0.123. The van der Waals surface area contributed by atoms with Gasteiger partial charge in [-0.25, -0.2) is 0 Å². The molecule has 0 fully saturated rings. The van der Waals surface area contributed by atoms with Gasteiger partial charge in [-0.3, -0.25) is 30.6 Å². The standard InChI is InChI=1S/C21H25N3O5/c1-3-4-5-6-14-29-17-12-10-16(11-13-17)20(25)22-23-21(26)18-9-7-8-15(2)19(18)24(27)28/h7-13H,3-6,14H2,1-2H3,(H,22,25)(H,23,26). The molecule has 0 unspecified atom stereocenters. The van der Waals surface area contributed by atoms with Crippen molar-refractivity contribution >= 4 is 17.5 Å². The Balaban J connectivity index is 1.90. The van der Waals surface area contributed by atoms with Crippen molar-refractivity contribution in [3.8, 4) is 5.75 Å². The first-order valence-electron chi connectivity index (χ1n) is 9.51. The molecule has 0 saturated carbocycles. The van der Waals surface area contributed by atoms with Crippen LogP contribution in [0, 0.1) is 17.0 Å². The fourth-order valence-electron chi connectivity index (χ4n) is 2.76. The molecule has 0 aliphatic carbocycles. The number of carbonyl (C=O) groups excluding carboxylic acids is 2. The SMILES string of the molecule is CCCCCCOc1ccc(C(=O)NNC(=O)c2cccc(C)c2[N+](=O)[O-])cc1. The van der Waals surface area contributed by atoms with Crippen LogP contribution in [0.3, 0.4) is 0 Å². The van der Waals surface area contributed by atoms with E-state index >= 15 is 0 Å². The maximum absolute atomic E-state index is 12.3. The molecule has 154 valence electrons. The highest BCUT2D eigenvalue weighted by molar-refractivity contribution is 6.01. The lowest BCUT2D eigenvalue weighted by molar-refractivity contribution is -0.385. The molecule has 2 rings (SSSR count). The van der Waals surface area contributed by atoms with Gasteiger partial charge in [0.05, 0.1) is 11.5 Å². The quantitative estimate of drug-likeness (QED) is 0.377. The largest absolute Gasteiger partial charge is 0.494 e. The minimum Gasteiger partial charge on any atom is -0.494 e. The van der Waals surface area contributed by atoms with Gasteiger partial charge < -0.3 is 4.74 Å². The second-order valence-corrected chi connectivity index (χ2v) is 6.57. The fraction of sp³-hybridized carbons (Fsp3) is 0.333. The Labute approximate surface area is 169 Å². The number of aryl methyl sites for hydroxylation is 1. The molecule has 8 nitrogen and oxygen atoms in total. The van der Waals surface area contributed by atoms with Crippen LogP contribution in [0.5, 0.6) is 5.75 Å². The van der Waals surface area contributed by atoms with Crippen molar-refractivity contribution in [2.45, 2.75) is 39.5 Å². The minimum atomic E-state index is -0.763. The Morgan fingerprint density at radius 3 is 2.34 bits per heavy atom. The summed E-state index contributed by atoms with van der Waals surface area (Å²) in [6, 6.07) is 10.9. The number of benzene rings is 2. The molecule has 0 atom stereocenters. The molecule has 2 aromatic carbocycles. The van der Waals surface area contributed by atoms with Crippen molar-refractivity contribution < 1.29 is 19.2 Å². The number of para-hydroxylation sites is 1. The summed E-state index contributed by atoms with van der Waals surface area (Å²) < 4.78 is 5.62. The average Bonchev–Trinajstić information content (AvgIpc) is 2.71. The Morgan fingerprint density at radius 1 is 1.00 bits per heavy atom. The van der Waals surface area contributed by atoms with Crippen LogP contribution in [0.1, 0.15) is 58.9 Å². The molecule has 29 heavy (non-hydrogen) atoms. The maximum atomic E-state index is 12.3. The van der Waals surface area contributed by atoms with E-state index in [-0.39, 0.29) is 11.3 Å². The van der Waals surface area contributed by atoms with Gasteiger partial charge in [-0.05, 0) is 43.7 Å². The van der Waals surface area contributed by atoms with Gasteiger partial charge in [0, 0.05) is 11.1 Å². The molecule has 2 amide bonds. The summed E-state index contributed by atoms with van der Waals surface area (Å²) in [5.41, 5.74) is 4.75. The van der Waals surface area contributed by atoms with Crippen LogP contribution >= 0.6 is 0 Å². The second-order valence-electron chi connectivity index (χ2n) is 6.57. The Kier molecular flexibility index (Phi) is 8.14. The van der Waals surface area contributed by atoms with Crippen LogP contribution in [-0.2, 0) is 0 Å². The van der Waals surface area contributed by atoms with E-state index in [1.807, 2.05) is 0 Å². The van der Waals surface area contributed by atoms with E-state index in [0.717, 1.165) is 19.3 Å². The monoisotopic (exact) mass is 399 g/mol. The van der Waals surface area contributed by atoms with Gasteiger partial charge in [-0.1, -0.05) is 38.3 Å². The average molecular weight is 399 g/mol. The molecule has 0 aliphatic rings. The number of unbranched alkanes of at least 4 members (excludes halogenated alkanes) is 3. The van der Waals surface area contributed by atoms with Crippen LogP contribution in [0.25, 0.3) is 0 Å². The zero-order valence-corrected chi connectivity index (χ0v) is 16.6. The van der Waals surface area contributed by atoms with Gasteiger partial charge in [-0.2, -0.15) is 0 Å². The van der Waals surface area contributed by atoms with Crippen molar-refractivity contribution in [3.05, 3.63) is 69.3 Å². The fourth-order valence-corrected chi connectivity index (χ4v) is 2.76. The first-order chi connectivity index (χ1) is 13.9. The second kappa shape index (κ2) is 10.8. The van der Waals surface area contributed by atoms with Crippen LogP contribution in [-0.4, -0.2) is 23.3 Å². The number of hydrogen-bond donors (Lipinski definition) is 2. The van der Waals surface area contributed by atoms with Crippen molar-refractivity contribution in [1.29, 1.82) is 0 Å². The number of ether oxygens (including phenoxy) is 1. The maximum Gasteiger partial charge on any atom is 0.285 e. The molecule has 2 aromatic rings. The Bertz CT molecular complexity index is 865. The van der Waals surface area contributed by atoms with Crippen LogP contribution < -0.4 is 15.6 Å². The summed E-state index contributed by atoms with van der Waals surface area (Å²) in [7, 11) is 0. The molecule has 0 heterocycles. The molecule has 0 aromatic heterocycles. The topological polar surface area (TPSA) is 111 Å². The number of nitro benzene ring substituents is 1. The van der Waals surface area contributed by atoms with E-state index < -0.39 is 16.7 Å². The number of amides is 2. The number of nitrogens with one attached hydrogen (secondary N) is 2. The molecule has 0 saturated heterocycles. The van der Waals surface area contributed by atoms with E-state index in [4.69, 9.17) is 4.74 Å². The predicted octanol–water partition coefficient (Wildman–Crippen LogP) is 3.94. The highest BCUT2D eigenvalue weighted by Crippen LogP contribution is 2.22. The van der Waals surface area contributed by atoms with Crippen molar-refractivity contribution in [2.75, 3.05) is 6.61 Å². The molecular formula is C21H25N3O5. The highest BCUT2D eigenvalue weighted by atomic mass is 16.6. The summed E-state index contributed by atoms with van der Waals surface area (Å²) in [4.78, 5) is 35.0. The number of nitrogens with zero attached hydrogens (tertiary/aromatic N) is 1. The molecule has 0 aliphatic heterocycles. The first kappa shape index (κ1) is 21.9. The lowest BCUT2D eigenvalue weighted by atomic mass is 10.1. The summed E-state index contributed by atoms with van der Waals surface area (Å²) in [5.74, 6) is -0.638. The molecule has 0 spiro atoms. The summed E-state index contributed by atoms with van der Waals surface area (Å²) in [6.07, 6.45) is 4.44. The third-order valence-electron chi connectivity index (χ3n) is 4.34. The van der Waals surface area contributed by atoms with Crippen LogP contribution in [0.2, 0.25) is 0 Å². The zero-order chi connectivity index (χ0) is 21.2. The van der Waals surface area contributed by atoms with E-state index in [9.17, 15) is 19.7 Å². The van der Waals surface area contributed by atoms with Crippen LogP contribution in [0.15, 0.2) is 42.5 Å². The number of hydrogen-bond acceptors (Lipinski definition) is 5. The van der Waals surface area contributed by atoms with E-state index in [2.05, 4.69) is 17.8 Å². The van der Waals surface area contributed by atoms with Crippen molar-refractivity contribution in [3.63, 3.8) is 0 Å². The van der Waals surface area contributed by atoms with E-state index in [1.165, 1.54) is 12.5 Å². The van der Waals surface area contributed by atoms with E-state index in [1.54, 1.807) is 43.3 Å². The van der Waals surface area contributed by atoms with Crippen molar-refractivity contribution in [1.82, 2.24) is 10.9 Å². The van der Waals surface area contributed by atoms with Gasteiger partial charge in [0.15, 0.2) is 0 Å². The Hall–Kier alpha value is -3.42. The number of hydrazine groups is 1. The summed E-state index contributed by atoms with van der Waals surface area (Å²) >= 11 is 0. The smallest absolute Gasteiger partial charge is 0.285 e. The number of carbonyl (C=O) groups is 2. The lowest BCUT2D eigenvalue weighted by Gasteiger charge is -2.10. The third kappa shape index (κ3) is 6.31. The summed E-state index contributed by atoms with van der Waals surface area (Å²) in [6.45, 7) is 4.31. The van der Waals surface area contributed by atoms with Gasteiger partial charge in [0.2, 0.25) is 0 Å². The molecule has 0 radical (unpaired) electrons. The van der Waals surface area contributed by atoms with Gasteiger partial charge in [0.1, 0.15) is 11.3 Å². The first-order valence-corrected chi connectivity index (χ1v) is 9.51. The summed E-state index contributed by atoms with van der Waals surface area (Å²) in [5, 5.41) is 11.2. The van der Waals surface area contributed by atoms with Gasteiger partial charge in [-0.15, -0.1) is 0 Å². The third-order valence-corrected chi connectivity index (χ3v) is 4.34. The van der Waals surface area contributed by atoms with Gasteiger partial charge >= 0.3 is 0 Å².